The SMILES string of the molecule is Cc1cc(=O)n(-c2ccc(N3CCOCC3)c(F)c2)c(COc2cc(F)cc(F)c2)n1. The molecule has 6 nitrogen and oxygen atoms in total. The Morgan fingerprint density at radius 3 is 2.42 bits per heavy atom. The van der Waals surface area contributed by atoms with Gasteiger partial charge in [0.1, 0.15) is 29.8 Å². The largest absolute Gasteiger partial charge is 0.485 e. The highest BCUT2D eigenvalue weighted by Gasteiger charge is 2.17. The van der Waals surface area contributed by atoms with Crippen LogP contribution in [0.1, 0.15) is 11.5 Å². The van der Waals surface area contributed by atoms with E-state index in [4.69, 9.17) is 9.47 Å². The van der Waals surface area contributed by atoms with Gasteiger partial charge in [-0.15, -0.1) is 0 Å². The number of aryl methyl sites for hydroxylation is 1. The Morgan fingerprint density at radius 1 is 1.03 bits per heavy atom. The zero-order valence-electron chi connectivity index (χ0n) is 16.8. The minimum Gasteiger partial charge on any atom is -0.485 e. The topological polar surface area (TPSA) is 56.6 Å². The highest BCUT2D eigenvalue weighted by molar-refractivity contribution is 5.53. The Bertz CT molecular complexity index is 1140. The third-order valence-electron chi connectivity index (χ3n) is 4.86. The summed E-state index contributed by atoms with van der Waals surface area (Å²) in [4.78, 5) is 18.9. The maximum atomic E-state index is 14.9. The molecule has 1 aliphatic rings. The molecule has 1 aliphatic heterocycles. The summed E-state index contributed by atoms with van der Waals surface area (Å²) in [6.07, 6.45) is 0. The van der Waals surface area contributed by atoms with Gasteiger partial charge in [-0.25, -0.2) is 18.2 Å². The van der Waals surface area contributed by atoms with E-state index in [0.717, 1.165) is 18.2 Å². The number of hydrogen-bond acceptors (Lipinski definition) is 5. The lowest BCUT2D eigenvalue weighted by atomic mass is 10.2. The van der Waals surface area contributed by atoms with Crippen molar-refractivity contribution in [3.8, 4) is 11.4 Å². The lowest BCUT2D eigenvalue weighted by Crippen LogP contribution is -2.36. The fraction of sp³-hybridized carbons (Fsp3) is 0.273. The van der Waals surface area contributed by atoms with E-state index >= 15 is 0 Å². The van der Waals surface area contributed by atoms with E-state index in [0.29, 0.717) is 37.7 Å². The van der Waals surface area contributed by atoms with Crippen LogP contribution in [0.2, 0.25) is 0 Å². The monoisotopic (exact) mass is 431 g/mol. The van der Waals surface area contributed by atoms with Gasteiger partial charge in [-0.05, 0) is 19.1 Å². The normalized spacial score (nSPS) is 14.0. The first kappa shape index (κ1) is 20.9. The fourth-order valence-corrected chi connectivity index (χ4v) is 3.48. The van der Waals surface area contributed by atoms with Crippen LogP contribution >= 0.6 is 0 Å². The van der Waals surface area contributed by atoms with Crippen molar-refractivity contribution in [3.63, 3.8) is 0 Å². The van der Waals surface area contributed by atoms with Crippen molar-refractivity contribution in [2.24, 2.45) is 0 Å². The third-order valence-corrected chi connectivity index (χ3v) is 4.86. The van der Waals surface area contributed by atoms with Crippen molar-refractivity contribution in [1.29, 1.82) is 0 Å². The molecule has 0 radical (unpaired) electrons. The second kappa shape index (κ2) is 8.81. The molecule has 1 saturated heterocycles. The van der Waals surface area contributed by atoms with Gasteiger partial charge in [0, 0.05) is 49.1 Å². The number of halogens is 3. The van der Waals surface area contributed by atoms with Crippen LogP contribution < -0.4 is 15.2 Å². The van der Waals surface area contributed by atoms with Gasteiger partial charge in [-0.1, -0.05) is 0 Å². The van der Waals surface area contributed by atoms with Crippen molar-refractivity contribution < 1.29 is 22.6 Å². The lowest BCUT2D eigenvalue weighted by Gasteiger charge is -2.29. The van der Waals surface area contributed by atoms with Gasteiger partial charge in [-0.2, -0.15) is 0 Å². The molecule has 2 aromatic carbocycles. The third kappa shape index (κ3) is 4.72. The number of morpholine rings is 1. The molecule has 1 aromatic heterocycles. The van der Waals surface area contributed by atoms with Gasteiger partial charge in [0.05, 0.1) is 24.6 Å². The first-order valence-electron chi connectivity index (χ1n) is 9.72. The van der Waals surface area contributed by atoms with Gasteiger partial charge < -0.3 is 14.4 Å². The average molecular weight is 431 g/mol. The lowest BCUT2D eigenvalue weighted by molar-refractivity contribution is 0.122. The summed E-state index contributed by atoms with van der Waals surface area (Å²) in [6.45, 7) is 3.58. The molecule has 2 heterocycles. The highest BCUT2D eigenvalue weighted by Crippen LogP contribution is 2.24. The van der Waals surface area contributed by atoms with E-state index in [9.17, 15) is 18.0 Å². The first-order chi connectivity index (χ1) is 14.9. The molecule has 31 heavy (non-hydrogen) atoms. The van der Waals surface area contributed by atoms with E-state index in [2.05, 4.69) is 4.98 Å². The summed E-state index contributed by atoms with van der Waals surface area (Å²) in [5, 5.41) is 0. The molecule has 3 aromatic rings. The summed E-state index contributed by atoms with van der Waals surface area (Å²) in [7, 11) is 0. The maximum Gasteiger partial charge on any atom is 0.258 e. The zero-order chi connectivity index (χ0) is 22.0. The molecular formula is C22H20F3N3O3. The molecule has 9 heteroatoms. The average Bonchev–Trinajstić information content (AvgIpc) is 2.72. The van der Waals surface area contributed by atoms with Crippen LogP contribution in [0.4, 0.5) is 18.9 Å². The molecule has 0 atom stereocenters. The standard InChI is InChI=1S/C22H20F3N3O3/c1-14-8-22(29)28(21(26-14)13-31-18-10-15(23)9-16(24)11-18)17-2-3-20(19(25)12-17)27-4-6-30-7-5-27/h2-3,8-12H,4-7,13H2,1H3. The van der Waals surface area contributed by atoms with Crippen LogP contribution in [-0.4, -0.2) is 35.9 Å². The van der Waals surface area contributed by atoms with E-state index in [1.807, 2.05) is 4.90 Å². The second-order valence-electron chi connectivity index (χ2n) is 7.12. The summed E-state index contributed by atoms with van der Waals surface area (Å²) in [6, 6.07) is 8.59. The Hall–Kier alpha value is -3.33. The van der Waals surface area contributed by atoms with E-state index < -0.39 is 23.0 Å². The molecule has 0 saturated carbocycles. The Kier molecular flexibility index (Phi) is 5.94. The van der Waals surface area contributed by atoms with Crippen LogP contribution in [0.25, 0.3) is 5.69 Å². The summed E-state index contributed by atoms with van der Waals surface area (Å²) >= 11 is 0. The summed E-state index contributed by atoms with van der Waals surface area (Å²) in [5.74, 6) is -1.93. The van der Waals surface area contributed by atoms with Gasteiger partial charge in [0.2, 0.25) is 0 Å². The number of anilines is 1. The molecule has 0 amide bonds. The van der Waals surface area contributed by atoms with Gasteiger partial charge in [-0.3, -0.25) is 9.36 Å². The van der Waals surface area contributed by atoms with Crippen molar-refractivity contribution in [2.75, 3.05) is 31.2 Å². The summed E-state index contributed by atoms with van der Waals surface area (Å²) < 4.78 is 53.7. The molecule has 0 unspecified atom stereocenters. The maximum absolute atomic E-state index is 14.9. The summed E-state index contributed by atoms with van der Waals surface area (Å²) in [5.41, 5.74) is 0.718. The zero-order valence-corrected chi connectivity index (χ0v) is 16.8. The molecular weight excluding hydrogens is 411 g/mol. The Morgan fingerprint density at radius 2 is 1.74 bits per heavy atom. The quantitative estimate of drug-likeness (QED) is 0.620. The van der Waals surface area contributed by atoms with Crippen LogP contribution in [0, 0.1) is 24.4 Å². The molecule has 0 spiro atoms. The van der Waals surface area contributed by atoms with Crippen molar-refractivity contribution >= 4 is 5.69 Å². The van der Waals surface area contributed by atoms with Gasteiger partial charge in [0.15, 0.2) is 5.82 Å². The number of ether oxygens (including phenoxy) is 2. The van der Waals surface area contributed by atoms with Gasteiger partial charge >= 0.3 is 0 Å². The molecule has 1 fully saturated rings. The molecule has 162 valence electrons. The smallest absolute Gasteiger partial charge is 0.258 e. The minimum atomic E-state index is -0.787. The second-order valence-corrected chi connectivity index (χ2v) is 7.12. The molecule has 4 rings (SSSR count). The van der Waals surface area contributed by atoms with E-state index in [1.54, 1.807) is 19.1 Å². The minimum absolute atomic E-state index is 0.0475. The number of hydrogen-bond donors (Lipinski definition) is 0. The number of nitrogens with zero attached hydrogens (tertiary/aromatic N) is 3. The van der Waals surface area contributed by atoms with Crippen LogP contribution in [0.5, 0.6) is 5.75 Å². The predicted molar refractivity (Wildman–Crippen MR) is 108 cm³/mol. The first-order valence-corrected chi connectivity index (χ1v) is 9.72. The molecule has 0 bridgehead atoms. The van der Waals surface area contributed by atoms with E-state index in [-0.39, 0.29) is 23.9 Å². The molecule has 0 N–H and O–H groups in total. The predicted octanol–water partition coefficient (Wildman–Crippen LogP) is 3.37. The Labute approximate surface area is 176 Å². The number of rotatable bonds is 5. The highest BCUT2D eigenvalue weighted by atomic mass is 19.1. The number of benzene rings is 2. The molecule has 0 aliphatic carbocycles. The van der Waals surface area contributed by atoms with Crippen molar-refractivity contribution in [1.82, 2.24) is 9.55 Å². The van der Waals surface area contributed by atoms with Gasteiger partial charge in [0.25, 0.3) is 5.56 Å². The fourth-order valence-electron chi connectivity index (χ4n) is 3.48. The van der Waals surface area contributed by atoms with Crippen LogP contribution in [-0.2, 0) is 11.3 Å². The Balaban J connectivity index is 1.66. The van der Waals surface area contributed by atoms with Crippen molar-refractivity contribution in [2.45, 2.75) is 13.5 Å². The van der Waals surface area contributed by atoms with Crippen molar-refractivity contribution in [3.05, 3.63) is 81.8 Å². The van der Waals surface area contributed by atoms with E-state index in [1.165, 1.54) is 16.7 Å². The van der Waals surface area contributed by atoms with Crippen LogP contribution in [0.3, 0.4) is 0 Å². The van der Waals surface area contributed by atoms with Crippen LogP contribution in [0.15, 0.2) is 47.3 Å². The number of aromatic nitrogens is 2.